The molecule has 0 saturated heterocycles. The summed E-state index contributed by atoms with van der Waals surface area (Å²) in [7, 11) is 1.99. The fourth-order valence-corrected chi connectivity index (χ4v) is 3.58. The third-order valence-electron chi connectivity index (χ3n) is 4.61. The highest BCUT2D eigenvalue weighted by Gasteiger charge is 2.53. The highest BCUT2D eigenvalue weighted by molar-refractivity contribution is 9.10. The minimum atomic E-state index is -0.294. The summed E-state index contributed by atoms with van der Waals surface area (Å²) in [6.07, 6.45) is 3.10. The van der Waals surface area contributed by atoms with Gasteiger partial charge in [-0.2, -0.15) is 0 Å². The van der Waals surface area contributed by atoms with Gasteiger partial charge in [0.1, 0.15) is 6.10 Å². The van der Waals surface area contributed by atoms with Crippen LogP contribution in [0.2, 0.25) is 0 Å². The Labute approximate surface area is 122 Å². The molecule has 106 valence electrons. The zero-order valence-electron chi connectivity index (χ0n) is 11.7. The Balaban J connectivity index is 2.17. The lowest BCUT2D eigenvalue weighted by Crippen LogP contribution is -2.63. The van der Waals surface area contributed by atoms with Gasteiger partial charge in [0, 0.05) is 22.4 Å². The van der Waals surface area contributed by atoms with Crippen molar-refractivity contribution >= 4 is 15.9 Å². The molecule has 1 aromatic rings. The van der Waals surface area contributed by atoms with E-state index in [9.17, 15) is 4.39 Å². The van der Waals surface area contributed by atoms with Crippen LogP contribution in [0.3, 0.4) is 0 Å². The Morgan fingerprint density at radius 1 is 1.42 bits per heavy atom. The van der Waals surface area contributed by atoms with Gasteiger partial charge in [0.2, 0.25) is 0 Å². The van der Waals surface area contributed by atoms with Crippen LogP contribution in [-0.2, 0) is 0 Å². The minimum absolute atomic E-state index is 0.0868. The van der Waals surface area contributed by atoms with Crippen molar-refractivity contribution in [3.63, 3.8) is 0 Å². The molecule has 2 unspecified atom stereocenters. The third-order valence-corrected chi connectivity index (χ3v) is 5.11. The van der Waals surface area contributed by atoms with Crippen LogP contribution < -0.4 is 10.1 Å². The zero-order valence-corrected chi connectivity index (χ0v) is 13.3. The van der Waals surface area contributed by atoms with Gasteiger partial charge in [-0.05, 0) is 38.1 Å². The van der Waals surface area contributed by atoms with E-state index in [0.717, 1.165) is 23.7 Å². The van der Waals surface area contributed by atoms with Crippen LogP contribution in [0.5, 0.6) is 5.75 Å². The van der Waals surface area contributed by atoms with Gasteiger partial charge in [0.25, 0.3) is 0 Å². The van der Waals surface area contributed by atoms with Crippen molar-refractivity contribution in [1.29, 1.82) is 0 Å². The van der Waals surface area contributed by atoms with E-state index >= 15 is 0 Å². The van der Waals surface area contributed by atoms with Gasteiger partial charge in [0.05, 0.1) is 0 Å². The number of hydrogen-bond acceptors (Lipinski definition) is 2. The molecule has 2 rings (SSSR count). The number of benzene rings is 1. The fourth-order valence-electron chi connectivity index (χ4n) is 3.24. The fraction of sp³-hybridized carbons (Fsp3) is 0.600. The van der Waals surface area contributed by atoms with Crippen LogP contribution in [0.1, 0.15) is 33.1 Å². The second kappa shape index (κ2) is 5.80. The first-order valence-corrected chi connectivity index (χ1v) is 7.65. The summed E-state index contributed by atoms with van der Waals surface area (Å²) in [4.78, 5) is 0. The predicted octanol–water partition coefficient (Wildman–Crippen LogP) is 4.13. The number of ether oxygens (including phenoxy) is 1. The maximum absolute atomic E-state index is 13.8. The van der Waals surface area contributed by atoms with Gasteiger partial charge in [-0.25, -0.2) is 4.39 Å². The maximum Gasteiger partial charge on any atom is 0.165 e. The van der Waals surface area contributed by atoms with E-state index in [-0.39, 0.29) is 17.3 Å². The SMILES string of the molecule is CCC1(CC)C(NC)CC1Oc1cc(Br)ccc1F. The average molecular weight is 330 g/mol. The second-order valence-corrected chi connectivity index (χ2v) is 6.11. The van der Waals surface area contributed by atoms with Crippen molar-refractivity contribution in [2.45, 2.75) is 45.3 Å². The number of nitrogens with one attached hydrogen (secondary N) is 1. The zero-order chi connectivity index (χ0) is 14.0. The molecule has 4 heteroatoms. The normalized spacial score (nSPS) is 24.9. The molecule has 2 atom stereocenters. The molecule has 0 radical (unpaired) electrons. The molecule has 0 aromatic heterocycles. The summed E-state index contributed by atoms with van der Waals surface area (Å²) >= 11 is 3.36. The molecule has 1 N–H and O–H groups in total. The van der Waals surface area contributed by atoms with E-state index in [0.29, 0.717) is 11.8 Å². The number of halogens is 2. The predicted molar refractivity (Wildman–Crippen MR) is 79.0 cm³/mol. The maximum atomic E-state index is 13.8. The molecular formula is C15H21BrFNO. The Kier molecular flexibility index (Phi) is 4.51. The van der Waals surface area contributed by atoms with Crippen molar-refractivity contribution in [2.75, 3.05) is 7.05 Å². The Morgan fingerprint density at radius 2 is 2.11 bits per heavy atom. The largest absolute Gasteiger partial charge is 0.487 e. The van der Waals surface area contributed by atoms with Gasteiger partial charge in [-0.1, -0.05) is 29.8 Å². The lowest BCUT2D eigenvalue weighted by atomic mass is 9.58. The summed E-state index contributed by atoms with van der Waals surface area (Å²) in [6.45, 7) is 4.36. The van der Waals surface area contributed by atoms with Crippen molar-refractivity contribution in [2.24, 2.45) is 5.41 Å². The third kappa shape index (κ3) is 2.52. The Hall–Kier alpha value is -0.610. The molecule has 0 heterocycles. The number of hydrogen-bond donors (Lipinski definition) is 1. The molecule has 1 aliphatic rings. The van der Waals surface area contributed by atoms with Crippen LogP contribution >= 0.6 is 15.9 Å². The van der Waals surface area contributed by atoms with E-state index in [2.05, 4.69) is 35.1 Å². The van der Waals surface area contributed by atoms with Crippen LogP contribution in [-0.4, -0.2) is 19.2 Å². The molecule has 2 nitrogen and oxygen atoms in total. The quantitative estimate of drug-likeness (QED) is 0.876. The van der Waals surface area contributed by atoms with Gasteiger partial charge >= 0.3 is 0 Å². The van der Waals surface area contributed by atoms with Crippen LogP contribution in [0.15, 0.2) is 22.7 Å². The lowest BCUT2D eigenvalue weighted by molar-refractivity contribution is -0.0850. The van der Waals surface area contributed by atoms with Crippen molar-refractivity contribution in [1.82, 2.24) is 5.32 Å². The van der Waals surface area contributed by atoms with Crippen molar-refractivity contribution in [3.05, 3.63) is 28.5 Å². The van der Waals surface area contributed by atoms with E-state index in [1.165, 1.54) is 6.07 Å². The molecule has 0 amide bonds. The van der Waals surface area contributed by atoms with Gasteiger partial charge in [0.15, 0.2) is 11.6 Å². The summed E-state index contributed by atoms with van der Waals surface area (Å²) in [5.41, 5.74) is 0.115. The lowest BCUT2D eigenvalue weighted by Gasteiger charge is -2.55. The van der Waals surface area contributed by atoms with E-state index in [1.807, 2.05) is 7.05 Å². The summed E-state index contributed by atoms with van der Waals surface area (Å²) in [6, 6.07) is 5.29. The average Bonchev–Trinajstić information content (AvgIpc) is 2.39. The highest BCUT2D eigenvalue weighted by atomic mass is 79.9. The molecule has 1 fully saturated rings. The Bertz CT molecular complexity index is 448. The standard InChI is InChI=1S/C15H21BrFNO/c1-4-15(5-2)13(18-3)9-14(15)19-12-8-10(16)6-7-11(12)17/h6-8,13-14,18H,4-5,9H2,1-3H3. The first kappa shape index (κ1) is 14.8. The molecule has 19 heavy (non-hydrogen) atoms. The van der Waals surface area contributed by atoms with Crippen LogP contribution in [0.25, 0.3) is 0 Å². The molecular weight excluding hydrogens is 309 g/mol. The smallest absolute Gasteiger partial charge is 0.165 e. The first-order valence-electron chi connectivity index (χ1n) is 6.86. The van der Waals surface area contributed by atoms with Crippen LogP contribution in [0.4, 0.5) is 4.39 Å². The first-order chi connectivity index (χ1) is 9.07. The highest BCUT2D eigenvalue weighted by Crippen LogP contribution is 2.49. The summed E-state index contributed by atoms with van der Waals surface area (Å²) in [5, 5.41) is 3.35. The molecule has 0 spiro atoms. The second-order valence-electron chi connectivity index (χ2n) is 5.20. The molecule has 0 bridgehead atoms. The van der Waals surface area contributed by atoms with Gasteiger partial charge in [-0.15, -0.1) is 0 Å². The monoisotopic (exact) mass is 329 g/mol. The molecule has 0 aliphatic heterocycles. The molecule has 1 aliphatic carbocycles. The van der Waals surface area contributed by atoms with Crippen LogP contribution in [0, 0.1) is 11.2 Å². The van der Waals surface area contributed by atoms with E-state index in [4.69, 9.17) is 4.74 Å². The Morgan fingerprint density at radius 3 is 2.68 bits per heavy atom. The van der Waals surface area contributed by atoms with Crippen molar-refractivity contribution < 1.29 is 9.13 Å². The van der Waals surface area contributed by atoms with Gasteiger partial charge in [-0.3, -0.25) is 0 Å². The molecule has 1 aromatic carbocycles. The summed E-state index contributed by atoms with van der Waals surface area (Å²) in [5.74, 6) is 0.0532. The van der Waals surface area contributed by atoms with E-state index in [1.54, 1.807) is 12.1 Å². The van der Waals surface area contributed by atoms with Gasteiger partial charge < -0.3 is 10.1 Å². The van der Waals surface area contributed by atoms with E-state index < -0.39 is 0 Å². The number of rotatable bonds is 5. The van der Waals surface area contributed by atoms with Crippen molar-refractivity contribution in [3.8, 4) is 5.75 Å². The minimum Gasteiger partial charge on any atom is -0.487 e. The summed E-state index contributed by atoms with van der Waals surface area (Å²) < 4.78 is 20.6. The molecule has 1 saturated carbocycles. The topological polar surface area (TPSA) is 21.3 Å².